The Balaban J connectivity index is 1.93. The van der Waals surface area contributed by atoms with Crippen molar-refractivity contribution in [1.82, 2.24) is 25.2 Å². The van der Waals surface area contributed by atoms with Crippen LogP contribution in [-0.2, 0) is 11.3 Å². The number of tetrazole rings is 1. The van der Waals surface area contributed by atoms with Crippen molar-refractivity contribution in [3.8, 4) is 11.4 Å². The van der Waals surface area contributed by atoms with Crippen LogP contribution in [0.25, 0.3) is 11.4 Å². The van der Waals surface area contributed by atoms with E-state index < -0.39 is 11.4 Å². The number of pyridine rings is 1. The van der Waals surface area contributed by atoms with Gasteiger partial charge in [0, 0.05) is 18.0 Å². The van der Waals surface area contributed by atoms with Crippen LogP contribution < -0.4 is 0 Å². The van der Waals surface area contributed by atoms with Crippen molar-refractivity contribution in [2.24, 2.45) is 5.41 Å². The van der Waals surface area contributed by atoms with Crippen molar-refractivity contribution >= 4 is 5.97 Å². The third-order valence-corrected chi connectivity index (χ3v) is 3.92. The molecule has 7 nitrogen and oxygen atoms in total. The first-order valence-corrected chi connectivity index (χ1v) is 6.61. The van der Waals surface area contributed by atoms with Gasteiger partial charge in [-0.1, -0.05) is 12.8 Å². The normalized spacial score (nSPS) is 17.2. The molecule has 1 saturated carbocycles. The molecule has 0 aromatic carbocycles. The number of carbonyl (C=O) groups is 1. The number of hydrogen-bond acceptors (Lipinski definition) is 5. The fourth-order valence-electron chi connectivity index (χ4n) is 2.79. The Morgan fingerprint density at radius 1 is 1.40 bits per heavy atom. The average Bonchev–Trinajstić information content (AvgIpc) is 3.10. The standard InChI is InChI=1S/C13H15N5O2/c19-12(20)13(5-1-2-6-13)9-18-11(15-16-17-18)10-4-3-7-14-8-10/h3-4,7-8H,1-2,5-6,9H2,(H,19,20). The highest BCUT2D eigenvalue weighted by Crippen LogP contribution is 2.40. The van der Waals surface area contributed by atoms with Crippen molar-refractivity contribution in [2.75, 3.05) is 0 Å². The summed E-state index contributed by atoms with van der Waals surface area (Å²) in [7, 11) is 0. The van der Waals surface area contributed by atoms with Gasteiger partial charge in [-0.05, 0) is 35.4 Å². The predicted molar refractivity (Wildman–Crippen MR) is 69.6 cm³/mol. The van der Waals surface area contributed by atoms with Gasteiger partial charge in [-0.2, -0.15) is 0 Å². The van der Waals surface area contributed by atoms with Crippen molar-refractivity contribution in [3.63, 3.8) is 0 Å². The van der Waals surface area contributed by atoms with Crippen LogP contribution in [-0.4, -0.2) is 36.3 Å². The average molecular weight is 273 g/mol. The minimum atomic E-state index is -0.761. The monoisotopic (exact) mass is 273 g/mol. The second kappa shape index (κ2) is 4.99. The van der Waals surface area contributed by atoms with Gasteiger partial charge < -0.3 is 5.11 Å². The number of nitrogens with zero attached hydrogens (tertiary/aromatic N) is 5. The van der Waals surface area contributed by atoms with E-state index >= 15 is 0 Å². The van der Waals surface area contributed by atoms with E-state index in [1.54, 1.807) is 23.1 Å². The predicted octanol–water partition coefficient (Wildman–Crippen LogP) is 1.38. The van der Waals surface area contributed by atoms with Crippen molar-refractivity contribution in [1.29, 1.82) is 0 Å². The Morgan fingerprint density at radius 2 is 2.20 bits per heavy atom. The molecule has 0 radical (unpaired) electrons. The summed E-state index contributed by atoms with van der Waals surface area (Å²) in [6.45, 7) is 0.305. The Morgan fingerprint density at radius 3 is 2.85 bits per heavy atom. The third-order valence-electron chi connectivity index (χ3n) is 3.92. The van der Waals surface area contributed by atoms with E-state index in [9.17, 15) is 9.90 Å². The molecule has 3 rings (SSSR count). The molecule has 2 aromatic rings. The molecule has 0 atom stereocenters. The Kier molecular flexibility index (Phi) is 3.17. The van der Waals surface area contributed by atoms with Gasteiger partial charge in [-0.15, -0.1) is 5.10 Å². The molecule has 1 aliphatic rings. The van der Waals surface area contributed by atoms with Crippen LogP contribution in [0.4, 0.5) is 0 Å². The number of aliphatic carboxylic acids is 1. The molecule has 1 fully saturated rings. The molecule has 1 N–H and O–H groups in total. The first-order chi connectivity index (χ1) is 9.71. The highest BCUT2D eigenvalue weighted by molar-refractivity contribution is 5.75. The maximum atomic E-state index is 11.6. The summed E-state index contributed by atoms with van der Waals surface area (Å²) in [4.78, 5) is 15.6. The van der Waals surface area contributed by atoms with Crippen molar-refractivity contribution in [2.45, 2.75) is 32.2 Å². The molecule has 0 saturated heterocycles. The largest absolute Gasteiger partial charge is 0.481 e. The molecular formula is C13H15N5O2. The fourth-order valence-corrected chi connectivity index (χ4v) is 2.79. The van der Waals surface area contributed by atoms with Gasteiger partial charge in [0.15, 0.2) is 5.82 Å². The molecule has 104 valence electrons. The second-order valence-electron chi connectivity index (χ2n) is 5.19. The highest BCUT2D eigenvalue weighted by atomic mass is 16.4. The molecule has 7 heteroatoms. The minimum Gasteiger partial charge on any atom is -0.481 e. The van der Waals surface area contributed by atoms with E-state index in [1.165, 1.54) is 0 Å². The van der Waals surface area contributed by atoms with Gasteiger partial charge >= 0.3 is 5.97 Å². The van der Waals surface area contributed by atoms with Gasteiger partial charge in [0.25, 0.3) is 0 Å². The number of rotatable bonds is 4. The van der Waals surface area contributed by atoms with Gasteiger partial charge in [0.05, 0.1) is 12.0 Å². The molecular weight excluding hydrogens is 258 g/mol. The zero-order valence-electron chi connectivity index (χ0n) is 10.9. The SMILES string of the molecule is O=C(O)C1(Cn2nnnc2-c2cccnc2)CCCC1. The van der Waals surface area contributed by atoms with Crippen LogP contribution in [0.5, 0.6) is 0 Å². The topological polar surface area (TPSA) is 93.8 Å². The Labute approximate surface area is 115 Å². The molecule has 2 aromatic heterocycles. The molecule has 0 bridgehead atoms. The summed E-state index contributed by atoms with van der Waals surface area (Å²) in [6, 6.07) is 3.66. The summed E-state index contributed by atoms with van der Waals surface area (Å²) >= 11 is 0. The summed E-state index contributed by atoms with van der Waals surface area (Å²) in [6.07, 6.45) is 6.58. The maximum Gasteiger partial charge on any atom is 0.311 e. The van der Waals surface area contributed by atoms with Gasteiger partial charge in [-0.25, -0.2) is 4.68 Å². The zero-order valence-corrected chi connectivity index (χ0v) is 10.9. The lowest BCUT2D eigenvalue weighted by atomic mass is 9.86. The number of carboxylic acids is 1. The summed E-state index contributed by atoms with van der Waals surface area (Å²) < 4.78 is 1.58. The number of carboxylic acid groups (broad SMARTS) is 1. The fraction of sp³-hybridized carbons (Fsp3) is 0.462. The van der Waals surface area contributed by atoms with Crippen LogP contribution in [0.1, 0.15) is 25.7 Å². The molecule has 0 amide bonds. The number of hydrogen-bond donors (Lipinski definition) is 1. The van der Waals surface area contributed by atoms with E-state index in [-0.39, 0.29) is 0 Å². The summed E-state index contributed by atoms with van der Waals surface area (Å²) in [5.74, 6) is -0.201. The number of aromatic nitrogens is 5. The van der Waals surface area contributed by atoms with E-state index in [2.05, 4.69) is 20.5 Å². The van der Waals surface area contributed by atoms with Crippen molar-refractivity contribution in [3.05, 3.63) is 24.5 Å². The minimum absolute atomic E-state index is 0.305. The lowest BCUT2D eigenvalue weighted by Gasteiger charge is -2.23. The van der Waals surface area contributed by atoms with E-state index in [1.807, 2.05) is 6.07 Å². The zero-order chi connectivity index (χ0) is 14.0. The molecule has 2 heterocycles. The van der Waals surface area contributed by atoms with Crippen LogP contribution in [0.15, 0.2) is 24.5 Å². The lowest BCUT2D eigenvalue weighted by molar-refractivity contribution is -0.149. The third kappa shape index (κ3) is 2.15. The van der Waals surface area contributed by atoms with Crippen LogP contribution in [0.3, 0.4) is 0 Å². The first-order valence-electron chi connectivity index (χ1n) is 6.61. The van der Waals surface area contributed by atoms with E-state index in [4.69, 9.17) is 0 Å². The molecule has 0 aliphatic heterocycles. The van der Waals surface area contributed by atoms with E-state index in [0.717, 1.165) is 18.4 Å². The molecule has 1 aliphatic carbocycles. The summed E-state index contributed by atoms with van der Waals surface area (Å²) in [5, 5.41) is 21.1. The maximum absolute atomic E-state index is 11.6. The molecule has 0 unspecified atom stereocenters. The smallest absolute Gasteiger partial charge is 0.311 e. The van der Waals surface area contributed by atoms with Crippen LogP contribution in [0.2, 0.25) is 0 Å². The quantitative estimate of drug-likeness (QED) is 0.904. The van der Waals surface area contributed by atoms with Crippen molar-refractivity contribution < 1.29 is 9.90 Å². The summed E-state index contributed by atoms with van der Waals surface area (Å²) in [5.41, 5.74) is 0.0443. The van der Waals surface area contributed by atoms with E-state index in [0.29, 0.717) is 25.2 Å². The molecule has 0 spiro atoms. The first kappa shape index (κ1) is 12.7. The van der Waals surface area contributed by atoms with Crippen LogP contribution in [0, 0.1) is 5.41 Å². The molecule has 20 heavy (non-hydrogen) atoms. The van der Waals surface area contributed by atoms with Gasteiger partial charge in [0.2, 0.25) is 0 Å². The Hall–Kier alpha value is -2.31. The Bertz CT molecular complexity index is 604. The second-order valence-corrected chi connectivity index (χ2v) is 5.19. The van der Waals surface area contributed by atoms with Gasteiger partial charge in [0.1, 0.15) is 0 Å². The highest BCUT2D eigenvalue weighted by Gasteiger charge is 2.42. The van der Waals surface area contributed by atoms with Gasteiger partial charge in [-0.3, -0.25) is 9.78 Å². The lowest BCUT2D eigenvalue weighted by Crippen LogP contribution is -2.33. The van der Waals surface area contributed by atoms with Crippen LogP contribution >= 0.6 is 0 Å².